The van der Waals surface area contributed by atoms with E-state index >= 15 is 0 Å². The molecule has 1 rings (SSSR count). The van der Waals surface area contributed by atoms with Crippen molar-refractivity contribution in [2.75, 3.05) is 19.8 Å². The lowest BCUT2D eigenvalue weighted by Crippen LogP contribution is -2.51. The highest BCUT2D eigenvalue weighted by atomic mass is 16.7. The Labute approximate surface area is 142 Å². The predicted molar refractivity (Wildman–Crippen MR) is 87.2 cm³/mol. The average molecular weight is 339 g/mol. The molecule has 1 N–H and O–H groups in total. The van der Waals surface area contributed by atoms with E-state index in [0.717, 1.165) is 5.56 Å². The van der Waals surface area contributed by atoms with E-state index in [0.29, 0.717) is 13.2 Å². The molecule has 0 spiro atoms. The molecule has 0 radical (unpaired) electrons. The number of nitrogens with one attached hydrogen (secondary N) is 1. The van der Waals surface area contributed by atoms with Crippen LogP contribution >= 0.6 is 0 Å². The van der Waals surface area contributed by atoms with Gasteiger partial charge in [0.2, 0.25) is 0 Å². The van der Waals surface area contributed by atoms with Crippen molar-refractivity contribution in [3.8, 4) is 0 Å². The van der Waals surface area contributed by atoms with Crippen molar-refractivity contribution >= 4 is 12.1 Å². The molecular formula is C17H25NO6. The summed E-state index contributed by atoms with van der Waals surface area (Å²) < 4.78 is 20.9. The summed E-state index contributed by atoms with van der Waals surface area (Å²) in [4.78, 5) is 24.1. The maximum atomic E-state index is 12.1. The Morgan fingerprint density at radius 1 is 0.958 bits per heavy atom. The quantitative estimate of drug-likeness (QED) is 0.520. The lowest BCUT2D eigenvalue weighted by atomic mass is 10.2. The van der Waals surface area contributed by atoms with Gasteiger partial charge in [-0.15, -0.1) is 0 Å². The summed E-state index contributed by atoms with van der Waals surface area (Å²) in [5.74, 6) is -0.638. The fourth-order valence-electron chi connectivity index (χ4n) is 1.93. The van der Waals surface area contributed by atoms with Crippen LogP contribution < -0.4 is 5.32 Å². The number of benzene rings is 1. The van der Waals surface area contributed by atoms with Gasteiger partial charge >= 0.3 is 12.1 Å². The third-order valence-corrected chi connectivity index (χ3v) is 2.96. The number of amides is 1. The van der Waals surface area contributed by atoms with Crippen LogP contribution in [0.5, 0.6) is 0 Å². The Kier molecular flexibility index (Phi) is 9.48. The standard InChI is InChI=1S/C17H25NO6/c1-4-21-15(19)14(16(22-5-2)23-6-3)18-17(20)24-12-13-10-8-7-9-11-13/h7-11,14,16H,4-6,12H2,1-3H3,(H,18,20). The number of alkyl carbamates (subject to hydrolysis) is 1. The fourth-order valence-corrected chi connectivity index (χ4v) is 1.93. The summed E-state index contributed by atoms with van der Waals surface area (Å²) in [6.07, 6.45) is -1.69. The Morgan fingerprint density at radius 2 is 1.58 bits per heavy atom. The average Bonchev–Trinajstić information content (AvgIpc) is 2.59. The zero-order valence-corrected chi connectivity index (χ0v) is 14.3. The molecule has 0 aliphatic heterocycles. The molecule has 0 bridgehead atoms. The fraction of sp³-hybridized carbons (Fsp3) is 0.529. The van der Waals surface area contributed by atoms with Gasteiger partial charge in [0.1, 0.15) is 6.61 Å². The predicted octanol–water partition coefficient (Wildman–Crippen LogP) is 2.24. The molecule has 24 heavy (non-hydrogen) atoms. The number of carbonyl (C=O) groups excluding carboxylic acids is 2. The van der Waals surface area contributed by atoms with Crippen LogP contribution in [-0.2, 0) is 30.3 Å². The van der Waals surface area contributed by atoms with Gasteiger partial charge in [-0.25, -0.2) is 9.59 Å². The molecule has 1 aromatic rings. The molecule has 1 amide bonds. The van der Waals surface area contributed by atoms with Gasteiger partial charge in [0.05, 0.1) is 6.61 Å². The highest BCUT2D eigenvalue weighted by Gasteiger charge is 2.33. The summed E-state index contributed by atoms with van der Waals surface area (Å²) in [7, 11) is 0. The summed E-state index contributed by atoms with van der Waals surface area (Å²) >= 11 is 0. The molecule has 0 fully saturated rings. The van der Waals surface area contributed by atoms with E-state index in [2.05, 4.69) is 5.32 Å². The summed E-state index contributed by atoms with van der Waals surface area (Å²) in [5, 5.41) is 2.46. The lowest BCUT2D eigenvalue weighted by Gasteiger charge is -2.25. The van der Waals surface area contributed by atoms with E-state index in [1.807, 2.05) is 30.3 Å². The SMILES string of the molecule is CCOC(=O)C(NC(=O)OCc1ccccc1)C(OCC)OCC. The second-order valence-corrected chi connectivity index (χ2v) is 4.71. The van der Waals surface area contributed by atoms with Gasteiger partial charge in [0.25, 0.3) is 0 Å². The van der Waals surface area contributed by atoms with E-state index in [1.165, 1.54) is 0 Å². The zero-order chi connectivity index (χ0) is 17.8. The van der Waals surface area contributed by atoms with E-state index in [9.17, 15) is 9.59 Å². The van der Waals surface area contributed by atoms with Crippen molar-refractivity contribution in [1.82, 2.24) is 5.32 Å². The van der Waals surface area contributed by atoms with E-state index in [-0.39, 0.29) is 13.2 Å². The van der Waals surface area contributed by atoms with Crippen LogP contribution in [0.15, 0.2) is 30.3 Å². The Morgan fingerprint density at radius 3 is 2.12 bits per heavy atom. The van der Waals surface area contributed by atoms with Crippen LogP contribution in [0.4, 0.5) is 4.79 Å². The van der Waals surface area contributed by atoms with Gasteiger partial charge in [-0.3, -0.25) is 0 Å². The van der Waals surface area contributed by atoms with Crippen LogP contribution in [0.3, 0.4) is 0 Å². The van der Waals surface area contributed by atoms with Gasteiger partial charge < -0.3 is 24.3 Å². The number of hydrogen-bond acceptors (Lipinski definition) is 6. The van der Waals surface area contributed by atoms with Crippen LogP contribution in [0.25, 0.3) is 0 Å². The maximum Gasteiger partial charge on any atom is 0.408 e. The van der Waals surface area contributed by atoms with Crippen LogP contribution in [-0.4, -0.2) is 44.2 Å². The van der Waals surface area contributed by atoms with Crippen molar-refractivity contribution in [2.45, 2.75) is 39.7 Å². The first-order valence-corrected chi connectivity index (χ1v) is 7.99. The van der Waals surface area contributed by atoms with Gasteiger partial charge in [0, 0.05) is 13.2 Å². The summed E-state index contributed by atoms with van der Waals surface area (Å²) in [6.45, 7) is 6.13. The molecule has 1 atom stereocenters. The zero-order valence-electron chi connectivity index (χ0n) is 14.3. The van der Waals surface area contributed by atoms with Crippen molar-refractivity contribution in [3.63, 3.8) is 0 Å². The maximum absolute atomic E-state index is 12.1. The Balaban J connectivity index is 2.67. The highest BCUT2D eigenvalue weighted by molar-refractivity contribution is 5.81. The third-order valence-electron chi connectivity index (χ3n) is 2.96. The first-order chi connectivity index (χ1) is 11.6. The third kappa shape index (κ3) is 6.97. The molecule has 0 aliphatic carbocycles. The normalized spacial score (nSPS) is 11.8. The molecule has 0 aliphatic rings. The van der Waals surface area contributed by atoms with Crippen LogP contribution in [0.1, 0.15) is 26.3 Å². The first kappa shape index (κ1) is 19.9. The lowest BCUT2D eigenvalue weighted by molar-refractivity contribution is -0.178. The van der Waals surface area contributed by atoms with Crippen molar-refractivity contribution in [1.29, 1.82) is 0 Å². The molecule has 1 aromatic carbocycles. The van der Waals surface area contributed by atoms with Crippen molar-refractivity contribution in [3.05, 3.63) is 35.9 Å². The van der Waals surface area contributed by atoms with Gasteiger partial charge in [0.15, 0.2) is 12.3 Å². The number of esters is 1. The minimum Gasteiger partial charge on any atom is -0.464 e. The second-order valence-electron chi connectivity index (χ2n) is 4.71. The minimum atomic E-state index is -1.10. The number of rotatable bonds is 10. The van der Waals surface area contributed by atoms with E-state index < -0.39 is 24.4 Å². The monoisotopic (exact) mass is 339 g/mol. The minimum absolute atomic E-state index is 0.0934. The second kappa shape index (κ2) is 11.4. The molecule has 0 saturated carbocycles. The van der Waals surface area contributed by atoms with Gasteiger partial charge in [-0.2, -0.15) is 0 Å². The van der Waals surface area contributed by atoms with Crippen molar-refractivity contribution in [2.24, 2.45) is 0 Å². The van der Waals surface area contributed by atoms with Crippen LogP contribution in [0, 0.1) is 0 Å². The molecule has 0 aromatic heterocycles. The van der Waals surface area contributed by atoms with Crippen LogP contribution in [0.2, 0.25) is 0 Å². The molecule has 1 unspecified atom stereocenters. The molecule has 7 heteroatoms. The number of ether oxygens (including phenoxy) is 4. The molecule has 0 saturated heterocycles. The Bertz CT molecular complexity index is 487. The molecular weight excluding hydrogens is 314 g/mol. The summed E-state index contributed by atoms with van der Waals surface area (Å²) in [6, 6.07) is 8.12. The molecule has 0 heterocycles. The molecule has 134 valence electrons. The van der Waals surface area contributed by atoms with Crippen molar-refractivity contribution < 1.29 is 28.5 Å². The summed E-state index contributed by atoms with van der Waals surface area (Å²) in [5.41, 5.74) is 0.839. The number of hydrogen-bond donors (Lipinski definition) is 1. The van der Waals surface area contributed by atoms with Gasteiger partial charge in [-0.05, 0) is 26.3 Å². The Hall–Kier alpha value is -2.12. The molecule has 7 nitrogen and oxygen atoms in total. The smallest absolute Gasteiger partial charge is 0.408 e. The topological polar surface area (TPSA) is 83.1 Å². The van der Waals surface area contributed by atoms with E-state index in [1.54, 1.807) is 20.8 Å². The largest absolute Gasteiger partial charge is 0.464 e. The number of carbonyl (C=O) groups is 2. The first-order valence-electron chi connectivity index (χ1n) is 7.99. The highest BCUT2D eigenvalue weighted by Crippen LogP contribution is 2.07. The van der Waals surface area contributed by atoms with Gasteiger partial charge in [-0.1, -0.05) is 30.3 Å². The van der Waals surface area contributed by atoms with E-state index in [4.69, 9.17) is 18.9 Å².